The van der Waals surface area contributed by atoms with Crippen LogP contribution in [0.5, 0.6) is 0 Å². The van der Waals surface area contributed by atoms with Gasteiger partial charge in [0.2, 0.25) is 0 Å². The second-order valence-electron chi connectivity index (χ2n) is 4.15. The molecule has 0 saturated carbocycles. The van der Waals surface area contributed by atoms with Gasteiger partial charge in [-0.1, -0.05) is 12.1 Å². The maximum Gasteiger partial charge on any atom is 0.123 e. The first-order valence-electron chi connectivity index (χ1n) is 5.11. The number of hydrogen-bond donors (Lipinski definition) is 1. The third kappa shape index (κ3) is 1.88. The summed E-state index contributed by atoms with van der Waals surface area (Å²) in [6.07, 6.45) is 0. The molecule has 84 valence electrons. The van der Waals surface area contributed by atoms with Crippen molar-refractivity contribution >= 4 is 11.3 Å². The molecule has 16 heavy (non-hydrogen) atoms. The number of nitrogens with two attached hydrogens (primary N) is 1. The van der Waals surface area contributed by atoms with Crippen molar-refractivity contribution in [1.29, 1.82) is 0 Å². The highest BCUT2D eigenvalue weighted by Crippen LogP contribution is 2.32. The van der Waals surface area contributed by atoms with Crippen LogP contribution < -0.4 is 5.73 Å². The number of benzene rings is 1. The van der Waals surface area contributed by atoms with Crippen molar-refractivity contribution in [3.8, 4) is 0 Å². The molecule has 0 saturated heterocycles. The summed E-state index contributed by atoms with van der Waals surface area (Å²) in [4.78, 5) is 1.08. The predicted molar refractivity (Wildman–Crippen MR) is 66.1 cm³/mol. The van der Waals surface area contributed by atoms with Crippen LogP contribution in [-0.4, -0.2) is 0 Å². The first-order valence-corrected chi connectivity index (χ1v) is 5.99. The summed E-state index contributed by atoms with van der Waals surface area (Å²) in [5.74, 6) is -0.247. The Labute approximate surface area is 98.7 Å². The fraction of sp³-hybridized carbons (Fsp3) is 0.231. The van der Waals surface area contributed by atoms with Gasteiger partial charge in [-0.3, -0.25) is 0 Å². The van der Waals surface area contributed by atoms with Gasteiger partial charge in [0.15, 0.2) is 0 Å². The first-order chi connectivity index (χ1) is 7.51. The lowest BCUT2D eigenvalue weighted by Crippen LogP contribution is -2.34. The molecule has 1 heterocycles. The molecule has 0 aliphatic rings. The maximum absolute atomic E-state index is 13.2. The van der Waals surface area contributed by atoms with E-state index >= 15 is 0 Å². The Hall–Kier alpha value is -1.19. The molecule has 0 aliphatic carbocycles. The highest BCUT2D eigenvalue weighted by molar-refractivity contribution is 7.10. The average Bonchev–Trinajstić information content (AvgIpc) is 2.65. The largest absolute Gasteiger partial charge is 0.317 e. The van der Waals surface area contributed by atoms with Gasteiger partial charge in [0.1, 0.15) is 5.82 Å². The molecule has 3 heteroatoms. The Morgan fingerprint density at radius 3 is 2.62 bits per heavy atom. The fourth-order valence-electron chi connectivity index (χ4n) is 1.85. The molecule has 0 aliphatic heterocycles. The van der Waals surface area contributed by atoms with Crippen LogP contribution in [0.3, 0.4) is 0 Å². The van der Waals surface area contributed by atoms with E-state index < -0.39 is 5.54 Å². The summed E-state index contributed by atoms with van der Waals surface area (Å²) >= 11 is 1.61. The zero-order valence-electron chi connectivity index (χ0n) is 9.33. The maximum atomic E-state index is 13.2. The van der Waals surface area contributed by atoms with Crippen LogP contribution in [-0.2, 0) is 5.54 Å². The van der Waals surface area contributed by atoms with E-state index in [1.807, 2.05) is 31.4 Å². The topological polar surface area (TPSA) is 26.0 Å². The van der Waals surface area contributed by atoms with Crippen LogP contribution in [0.2, 0.25) is 0 Å². The normalized spacial score (nSPS) is 14.8. The Morgan fingerprint density at radius 1 is 1.31 bits per heavy atom. The van der Waals surface area contributed by atoms with Crippen LogP contribution >= 0.6 is 11.3 Å². The van der Waals surface area contributed by atoms with Gasteiger partial charge in [0, 0.05) is 4.88 Å². The average molecular weight is 235 g/mol. The third-order valence-corrected chi connectivity index (χ3v) is 4.01. The molecule has 1 unspecified atom stereocenters. The molecule has 1 atom stereocenters. The van der Waals surface area contributed by atoms with Crippen molar-refractivity contribution in [2.75, 3.05) is 0 Å². The van der Waals surface area contributed by atoms with Crippen molar-refractivity contribution in [2.24, 2.45) is 5.73 Å². The number of aryl methyl sites for hydroxylation is 1. The summed E-state index contributed by atoms with van der Waals surface area (Å²) in [6, 6.07) is 8.52. The van der Waals surface area contributed by atoms with Crippen LogP contribution in [0.15, 0.2) is 35.7 Å². The summed E-state index contributed by atoms with van der Waals surface area (Å²) in [7, 11) is 0. The molecular formula is C13H14FNS. The molecule has 0 fully saturated rings. The molecule has 0 spiro atoms. The van der Waals surface area contributed by atoms with Crippen molar-refractivity contribution in [2.45, 2.75) is 19.4 Å². The highest BCUT2D eigenvalue weighted by atomic mass is 32.1. The lowest BCUT2D eigenvalue weighted by Gasteiger charge is -2.25. The van der Waals surface area contributed by atoms with E-state index in [-0.39, 0.29) is 5.82 Å². The molecule has 1 nitrogen and oxygen atoms in total. The number of halogens is 1. The van der Waals surface area contributed by atoms with Gasteiger partial charge in [0.25, 0.3) is 0 Å². The molecule has 2 N–H and O–H groups in total. The molecule has 0 amide bonds. The summed E-state index contributed by atoms with van der Waals surface area (Å²) in [5.41, 5.74) is 7.65. The standard InChI is InChI=1S/C13H14FNS/c1-9-6-7-16-12(9)13(2,15)10-4-3-5-11(14)8-10/h3-8H,15H2,1-2H3. The van der Waals surface area contributed by atoms with E-state index in [0.717, 1.165) is 16.0 Å². The van der Waals surface area contributed by atoms with E-state index in [2.05, 4.69) is 0 Å². The molecule has 1 aromatic heterocycles. The van der Waals surface area contributed by atoms with E-state index in [1.54, 1.807) is 17.4 Å². The zero-order valence-corrected chi connectivity index (χ0v) is 10.1. The fourth-order valence-corrected chi connectivity index (χ4v) is 2.87. The molecular weight excluding hydrogens is 221 g/mol. The van der Waals surface area contributed by atoms with Crippen LogP contribution in [0, 0.1) is 12.7 Å². The quantitative estimate of drug-likeness (QED) is 0.848. The van der Waals surface area contributed by atoms with E-state index in [1.165, 1.54) is 12.1 Å². The van der Waals surface area contributed by atoms with Crippen molar-refractivity contribution < 1.29 is 4.39 Å². The summed E-state index contributed by atoms with van der Waals surface area (Å²) < 4.78 is 13.2. The highest BCUT2D eigenvalue weighted by Gasteiger charge is 2.26. The minimum Gasteiger partial charge on any atom is -0.317 e. The van der Waals surface area contributed by atoms with Crippen LogP contribution in [0.1, 0.15) is 22.9 Å². The lowest BCUT2D eigenvalue weighted by molar-refractivity contribution is 0.587. The summed E-state index contributed by atoms with van der Waals surface area (Å²) in [6.45, 7) is 3.94. The molecule has 1 aromatic carbocycles. The molecule has 0 radical (unpaired) electrons. The van der Waals surface area contributed by atoms with Gasteiger partial charge in [-0.2, -0.15) is 0 Å². The molecule has 2 aromatic rings. The number of hydrogen-bond acceptors (Lipinski definition) is 2. The van der Waals surface area contributed by atoms with Crippen molar-refractivity contribution in [1.82, 2.24) is 0 Å². The second-order valence-corrected chi connectivity index (χ2v) is 5.06. The van der Waals surface area contributed by atoms with Crippen molar-refractivity contribution in [3.05, 3.63) is 57.5 Å². The van der Waals surface area contributed by atoms with Gasteiger partial charge in [-0.15, -0.1) is 11.3 Å². The Kier molecular flexibility index (Phi) is 2.82. The van der Waals surface area contributed by atoms with Gasteiger partial charge < -0.3 is 5.73 Å². The Bertz CT molecular complexity index is 502. The van der Waals surface area contributed by atoms with Gasteiger partial charge in [-0.05, 0) is 48.6 Å². The SMILES string of the molecule is Cc1ccsc1C(C)(N)c1cccc(F)c1. The van der Waals surface area contributed by atoms with Crippen LogP contribution in [0.4, 0.5) is 4.39 Å². The van der Waals surface area contributed by atoms with Crippen molar-refractivity contribution in [3.63, 3.8) is 0 Å². The third-order valence-electron chi connectivity index (χ3n) is 2.76. The predicted octanol–water partition coefficient (Wildman–Crippen LogP) is 3.42. The van der Waals surface area contributed by atoms with Gasteiger partial charge in [0.05, 0.1) is 5.54 Å². The number of thiophene rings is 1. The number of rotatable bonds is 2. The summed E-state index contributed by atoms with van der Waals surface area (Å²) in [5, 5.41) is 2.01. The monoisotopic (exact) mass is 235 g/mol. The first kappa shape index (κ1) is 11.3. The van der Waals surface area contributed by atoms with Gasteiger partial charge >= 0.3 is 0 Å². The van der Waals surface area contributed by atoms with Gasteiger partial charge in [-0.25, -0.2) is 4.39 Å². The minimum atomic E-state index is -0.625. The molecule has 2 rings (SSSR count). The smallest absolute Gasteiger partial charge is 0.123 e. The lowest BCUT2D eigenvalue weighted by atomic mass is 9.90. The zero-order chi connectivity index (χ0) is 11.8. The Morgan fingerprint density at radius 2 is 2.06 bits per heavy atom. The molecule has 0 bridgehead atoms. The van der Waals surface area contributed by atoms with E-state index in [9.17, 15) is 4.39 Å². The second kappa shape index (κ2) is 4.00. The van der Waals surface area contributed by atoms with E-state index in [0.29, 0.717) is 0 Å². The minimum absolute atomic E-state index is 0.247. The van der Waals surface area contributed by atoms with E-state index in [4.69, 9.17) is 5.73 Å². The Balaban J connectivity index is 2.51. The van der Waals surface area contributed by atoms with Crippen LogP contribution in [0.25, 0.3) is 0 Å².